The molecule has 0 radical (unpaired) electrons. The van der Waals surface area contributed by atoms with Crippen molar-refractivity contribution in [1.29, 1.82) is 0 Å². The molecule has 3 N–H and O–H groups in total. The molecule has 0 aliphatic heterocycles. The molecular formula is C14H14ClN3OS. The van der Waals surface area contributed by atoms with Crippen LogP contribution in [0.3, 0.4) is 0 Å². The van der Waals surface area contributed by atoms with Gasteiger partial charge in [0.2, 0.25) is 0 Å². The van der Waals surface area contributed by atoms with Crippen LogP contribution in [0, 0.1) is 0 Å². The third-order valence-electron chi connectivity index (χ3n) is 2.60. The van der Waals surface area contributed by atoms with Gasteiger partial charge >= 0.3 is 0 Å². The maximum atomic E-state index is 11.4. The summed E-state index contributed by atoms with van der Waals surface area (Å²) in [6.45, 7) is 0. The number of nitrogens with two attached hydrogens (primary N) is 1. The van der Waals surface area contributed by atoms with Crippen LogP contribution in [0.25, 0.3) is 0 Å². The minimum absolute atomic E-state index is 0.331. The van der Waals surface area contributed by atoms with Crippen LogP contribution in [0.15, 0.2) is 42.5 Å². The first kappa shape index (κ1) is 14.8. The smallest absolute Gasteiger partial charge is 0.283 e. The molecule has 0 aliphatic rings. The molecule has 0 spiro atoms. The van der Waals surface area contributed by atoms with E-state index >= 15 is 0 Å². The summed E-state index contributed by atoms with van der Waals surface area (Å²) >= 11 is 7.56. The molecule has 1 heterocycles. The number of nitrogens with one attached hydrogen (secondary N) is 1. The number of pyridine rings is 1. The van der Waals surface area contributed by atoms with E-state index in [0.717, 1.165) is 22.2 Å². The Morgan fingerprint density at radius 3 is 2.65 bits per heavy atom. The molecule has 0 atom stereocenters. The highest BCUT2D eigenvalue weighted by Gasteiger charge is 2.05. The third-order valence-corrected chi connectivity index (χ3v) is 3.89. The molecule has 0 saturated heterocycles. The van der Waals surface area contributed by atoms with Gasteiger partial charge in [-0.2, -0.15) is 11.8 Å². The standard InChI is InChI=1S/C14H14ClN3OS/c15-11-6-4-10(5-7-11)8-20-9-12-2-1-3-13(17-12)14(19)18-16/h1-7H,8-9,16H2,(H,18,19). The van der Waals surface area contributed by atoms with Crippen molar-refractivity contribution in [3.63, 3.8) is 0 Å². The van der Waals surface area contributed by atoms with Crippen molar-refractivity contribution in [3.05, 3.63) is 64.4 Å². The van der Waals surface area contributed by atoms with Gasteiger partial charge in [-0.3, -0.25) is 10.2 Å². The second kappa shape index (κ2) is 7.28. The summed E-state index contributed by atoms with van der Waals surface area (Å²) in [5.74, 6) is 6.30. The molecule has 0 bridgehead atoms. The number of hydrogen-bond acceptors (Lipinski definition) is 4. The monoisotopic (exact) mass is 307 g/mol. The van der Waals surface area contributed by atoms with Crippen molar-refractivity contribution in [3.8, 4) is 0 Å². The Bertz CT molecular complexity index is 589. The molecule has 0 unspecified atom stereocenters. The Morgan fingerprint density at radius 2 is 1.95 bits per heavy atom. The van der Waals surface area contributed by atoms with E-state index in [-0.39, 0.29) is 5.91 Å². The van der Waals surface area contributed by atoms with E-state index in [0.29, 0.717) is 5.69 Å². The van der Waals surface area contributed by atoms with E-state index < -0.39 is 0 Å². The van der Waals surface area contributed by atoms with E-state index in [1.54, 1.807) is 23.9 Å². The molecule has 6 heteroatoms. The number of halogens is 1. The lowest BCUT2D eigenvalue weighted by Crippen LogP contribution is -2.30. The van der Waals surface area contributed by atoms with Crippen LogP contribution in [0.2, 0.25) is 5.02 Å². The highest BCUT2D eigenvalue weighted by Crippen LogP contribution is 2.18. The lowest BCUT2D eigenvalue weighted by Gasteiger charge is -2.04. The van der Waals surface area contributed by atoms with Gasteiger partial charge in [-0.25, -0.2) is 10.8 Å². The van der Waals surface area contributed by atoms with Gasteiger partial charge in [0.15, 0.2) is 0 Å². The predicted molar refractivity (Wildman–Crippen MR) is 82.3 cm³/mol. The van der Waals surface area contributed by atoms with Crippen LogP contribution < -0.4 is 11.3 Å². The number of rotatable bonds is 5. The number of nitrogens with zero attached hydrogens (tertiary/aromatic N) is 1. The fraction of sp³-hybridized carbons (Fsp3) is 0.143. The van der Waals surface area contributed by atoms with Crippen molar-refractivity contribution in [2.75, 3.05) is 0 Å². The number of amides is 1. The first-order chi connectivity index (χ1) is 9.69. The van der Waals surface area contributed by atoms with E-state index in [1.807, 2.05) is 30.3 Å². The Kier molecular flexibility index (Phi) is 5.40. The molecule has 1 aromatic heterocycles. The fourth-order valence-electron chi connectivity index (χ4n) is 1.61. The molecule has 2 rings (SSSR count). The van der Waals surface area contributed by atoms with Crippen molar-refractivity contribution in [1.82, 2.24) is 10.4 Å². The number of thioether (sulfide) groups is 1. The Morgan fingerprint density at radius 1 is 1.20 bits per heavy atom. The van der Waals surface area contributed by atoms with Crippen LogP contribution in [0.4, 0.5) is 0 Å². The van der Waals surface area contributed by atoms with Crippen molar-refractivity contribution >= 4 is 29.3 Å². The third kappa shape index (κ3) is 4.23. The molecule has 0 aliphatic carbocycles. The first-order valence-electron chi connectivity index (χ1n) is 5.98. The van der Waals surface area contributed by atoms with Crippen LogP contribution >= 0.6 is 23.4 Å². The van der Waals surface area contributed by atoms with Crippen LogP contribution in [-0.2, 0) is 11.5 Å². The summed E-state index contributed by atoms with van der Waals surface area (Å²) < 4.78 is 0. The molecule has 4 nitrogen and oxygen atoms in total. The summed E-state index contributed by atoms with van der Waals surface area (Å²) in [6.07, 6.45) is 0. The summed E-state index contributed by atoms with van der Waals surface area (Å²) in [5, 5.41) is 0.737. The Hall–Kier alpha value is -1.56. The first-order valence-corrected chi connectivity index (χ1v) is 7.51. The number of hydrogen-bond donors (Lipinski definition) is 2. The van der Waals surface area contributed by atoms with E-state index in [1.165, 1.54) is 5.56 Å². The average molecular weight is 308 g/mol. The fourth-order valence-corrected chi connectivity index (χ4v) is 2.64. The summed E-state index contributed by atoms with van der Waals surface area (Å²) in [7, 11) is 0. The molecular weight excluding hydrogens is 294 g/mol. The molecule has 0 saturated carbocycles. The maximum absolute atomic E-state index is 11.4. The van der Waals surface area contributed by atoms with Crippen molar-refractivity contribution in [2.24, 2.45) is 5.84 Å². The summed E-state index contributed by atoms with van der Waals surface area (Å²) in [5.41, 5.74) is 4.46. The minimum Gasteiger partial charge on any atom is -0.289 e. The van der Waals surface area contributed by atoms with E-state index in [9.17, 15) is 4.79 Å². The average Bonchev–Trinajstić information content (AvgIpc) is 2.49. The second-order valence-corrected chi connectivity index (χ2v) is 5.53. The topological polar surface area (TPSA) is 68.0 Å². The van der Waals surface area contributed by atoms with Gasteiger partial charge in [-0.15, -0.1) is 0 Å². The maximum Gasteiger partial charge on any atom is 0.283 e. The number of aromatic nitrogens is 1. The largest absolute Gasteiger partial charge is 0.289 e. The highest BCUT2D eigenvalue weighted by molar-refractivity contribution is 7.97. The number of carbonyl (C=O) groups excluding carboxylic acids is 1. The van der Waals surface area contributed by atoms with Gasteiger partial charge in [0.1, 0.15) is 5.69 Å². The van der Waals surface area contributed by atoms with Crippen molar-refractivity contribution in [2.45, 2.75) is 11.5 Å². The molecule has 2 aromatic rings. The molecule has 1 aromatic carbocycles. The molecule has 0 fully saturated rings. The van der Waals surface area contributed by atoms with Gasteiger partial charge in [-0.05, 0) is 29.8 Å². The zero-order valence-electron chi connectivity index (χ0n) is 10.7. The Balaban J connectivity index is 1.91. The van der Waals surface area contributed by atoms with Gasteiger partial charge in [-0.1, -0.05) is 29.8 Å². The van der Waals surface area contributed by atoms with Gasteiger partial charge in [0.05, 0.1) is 5.69 Å². The minimum atomic E-state index is -0.380. The number of hydrazine groups is 1. The lowest BCUT2D eigenvalue weighted by molar-refractivity contribution is 0.0948. The second-order valence-electron chi connectivity index (χ2n) is 4.11. The van der Waals surface area contributed by atoms with E-state index in [4.69, 9.17) is 17.4 Å². The quantitative estimate of drug-likeness (QED) is 0.506. The van der Waals surface area contributed by atoms with Gasteiger partial charge < -0.3 is 0 Å². The SMILES string of the molecule is NNC(=O)c1cccc(CSCc2ccc(Cl)cc2)n1. The highest BCUT2D eigenvalue weighted by atomic mass is 35.5. The summed E-state index contributed by atoms with van der Waals surface area (Å²) in [6, 6.07) is 13.1. The number of carbonyl (C=O) groups is 1. The van der Waals surface area contributed by atoms with Gasteiger partial charge in [0.25, 0.3) is 5.91 Å². The Labute approximate surface area is 126 Å². The zero-order valence-corrected chi connectivity index (χ0v) is 12.2. The predicted octanol–water partition coefficient (Wildman–Crippen LogP) is 2.77. The summed E-state index contributed by atoms with van der Waals surface area (Å²) in [4.78, 5) is 15.6. The van der Waals surface area contributed by atoms with Crippen LogP contribution in [0.5, 0.6) is 0 Å². The number of benzene rings is 1. The van der Waals surface area contributed by atoms with E-state index in [2.05, 4.69) is 10.4 Å². The van der Waals surface area contributed by atoms with Crippen molar-refractivity contribution < 1.29 is 4.79 Å². The molecule has 104 valence electrons. The van der Waals surface area contributed by atoms with Crippen LogP contribution in [-0.4, -0.2) is 10.9 Å². The number of nitrogen functional groups attached to an aromatic ring is 1. The zero-order chi connectivity index (χ0) is 14.4. The van der Waals surface area contributed by atoms with Crippen LogP contribution in [0.1, 0.15) is 21.7 Å². The molecule has 20 heavy (non-hydrogen) atoms. The normalized spacial score (nSPS) is 10.3. The lowest BCUT2D eigenvalue weighted by atomic mass is 10.2. The molecule has 1 amide bonds. The van der Waals surface area contributed by atoms with Gasteiger partial charge in [0, 0.05) is 16.5 Å².